The summed E-state index contributed by atoms with van der Waals surface area (Å²) in [5, 5.41) is 29.2. The molecule has 2 aromatic rings. The Hall–Kier alpha value is -2.74. The third-order valence-corrected chi connectivity index (χ3v) is 5.38. The van der Waals surface area contributed by atoms with Crippen LogP contribution in [0.1, 0.15) is 62.2 Å². The Labute approximate surface area is 163 Å². The van der Waals surface area contributed by atoms with Crippen LogP contribution in [0, 0.1) is 0 Å². The van der Waals surface area contributed by atoms with Gasteiger partial charge in [-0.2, -0.15) is 0 Å². The van der Waals surface area contributed by atoms with E-state index in [1.54, 1.807) is 23.7 Å². The van der Waals surface area contributed by atoms with Gasteiger partial charge >= 0.3 is 5.69 Å². The van der Waals surface area contributed by atoms with E-state index < -0.39 is 5.91 Å². The molecular weight excluding hydrogens is 362 g/mol. The highest BCUT2D eigenvalue weighted by molar-refractivity contribution is 5.74. The highest BCUT2D eigenvalue weighted by Crippen LogP contribution is 2.32. The van der Waals surface area contributed by atoms with E-state index in [0.29, 0.717) is 18.5 Å². The molecule has 0 unspecified atom stereocenters. The summed E-state index contributed by atoms with van der Waals surface area (Å²) in [6.45, 7) is 0.224. The largest absolute Gasteiger partial charge is 0.508 e. The fraction of sp³-hybridized carbons (Fsp3) is 0.500. The van der Waals surface area contributed by atoms with Gasteiger partial charge in [-0.1, -0.05) is 31.4 Å². The molecule has 8 heteroatoms. The van der Waals surface area contributed by atoms with E-state index in [2.05, 4.69) is 0 Å². The van der Waals surface area contributed by atoms with Gasteiger partial charge < -0.3 is 10.2 Å². The lowest BCUT2D eigenvalue weighted by Crippen LogP contribution is -2.29. The number of nitrogens with zero attached hydrogens (tertiary/aromatic N) is 2. The van der Waals surface area contributed by atoms with Crippen LogP contribution in [0.4, 0.5) is 0 Å². The first-order valence-electron chi connectivity index (χ1n) is 9.75. The van der Waals surface area contributed by atoms with Crippen LogP contribution in [0.2, 0.25) is 0 Å². The standard InChI is InChI=1S/C20H27N3O5/c24-16-9-4-6-14(12-16)13-22-17(10-5-11-18(25)21-28)19(26)23(20(22)27)15-7-2-1-3-8-15/h4,6,9,12,15,24,26,28H,1-3,5,7-8,10-11,13H2,(H,21,25). The molecule has 4 N–H and O–H groups in total. The lowest BCUT2D eigenvalue weighted by Gasteiger charge is -2.22. The Kier molecular flexibility index (Phi) is 6.41. The number of imidazole rings is 1. The van der Waals surface area contributed by atoms with Gasteiger partial charge in [-0.3, -0.25) is 19.1 Å². The molecule has 0 saturated heterocycles. The van der Waals surface area contributed by atoms with Crippen molar-refractivity contribution in [1.82, 2.24) is 14.6 Å². The summed E-state index contributed by atoms with van der Waals surface area (Å²) in [7, 11) is 0. The lowest BCUT2D eigenvalue weighted by molar-refractivity contribution is -0.129. The molecule has 1 heterocycles. The lowest BCUT2D eigenvalue weighted by atomic mass is 9.95. The smallest absolute Gasteiger partial charge is 0.331 e. The molecule has 1 saturated carbocycles. The van der Waals surface area contributed by atoms with Crippen molar-refractivity contribution in [2.45, 2.75) is 64.0 Å². The van der Waals surface area contributed by atoms with Gasteiger partial charge in [0.1, 0.15) is 5.75 Å². The van der Waals surface area contributed by atoms with E-state index in [9.17, 15) is 19.8 Å². The third-order valence-electron chi connectivity index (χ3n) is 5.38. The predicted octanol–water partition coefficient (Wildman–Crippen LogP) is 2.44. The average Bonchev–Trinajstić information content (AvgIpc) is 2.92. The number of aromatic nitrogens is 2. The monoisotopic (exact) mass is 389 g/mol. The maximum atomic E-state index is 13.1. The average molecular weight is 389 g/mol. The molecule has 152 valence electrons. The van der Waals surface area contributed by atoms with Gasteiger partial charge in [0.05, 0.1) is 12.2 Å². The molecule has 3 rings (SSSR count). The molecule has 1 fully saturated rings. The van der Waals surface area contributed by atoms with Gasteiger partial charge in [-0.15, -0.1) is 0 Å². The number of carbonyl (C=O) groups is 1. The van der Waals surface area contributed by atoms with Crippen LogP contribution in [0.15, 0.2) is 29.1 Å². The number of amides is 1. The molecule has 0 spiro atoms. The second-order valence-corrected chi connectivity index (χ2v) is 7.36. The minimum Gasteiger partial charge on any atom is -0.508 e. The Balaban J connectivity index is 1.94. The Morgan fingerprint density at radius 2 is 1.93 bits per heavy atom. The number of phenols is 1. The zero-order valence-corrected chi connectivity index (χ0v) is 15.8. The van der Waals surface area contributed by atoms with Gasteiger partial charge in [0.15, 0.2) is 0 Å². The second-order valence-electron chi connectivity index (χ2n) is 7.36. The number of aromatic hydroxyl groups is 2. The molecule has 1 aromatic carbocycles. The van der Waals surface area contributed by atoms with Crippen molar-refractivity contribution in [2.75, 3.05) is 0 Å². The normalized spacial score (nSPS) is 14.9. The summed E-state index contributed by atoms with van der Waals surface area (Å²) in [4.78, 5) is 24.4. The molecule has 1 aromatic heterocycles. The van der Waals surface area contributed by atoms with Crippen LogP contribution in [0.5, 0.6) is 11.6 Å². The number of benzene rings is 1. The molecule has 0 bridgehead atoms. The number of hydroxylamine groups is 1. The van der Waals surface area contributed by atoms with Crippen LogP contribution in [0.25, 0.3) is 0 Å². The summed E-state index contributed by atoms with van der Waals surface area (Å²) in [5.74, 6) is -0.433. The highest BCUT2D eigenvalue weighted by atomic mass is 16.5. The van der Waals surface area contributed by atoms with E-state index in [1.807, 2.05) is 6.07 Å². The van der Waals surface area contributed by atoms with Crippen molar-refractivity contribution >= 4 is 5.91 Å². The fourth-order valence-electron chi connectivity index (χ4n) is 3.98. The molecule has 1 aliphatic carbocycles. The first kappa shape index (κ1) is 20.0. The van der Waals surface area contributed by atoms with E-state index in [4.69, 9.17) is 5.21 Å². The van der Waals surface area contributed by atoms with Crippen molar-refractivity contribution < 1.29 is 20.2 Å². The Bertz CT molecular complexity index is 880. The topological polar surface area (TPSA) is 117 Å². The number of nitrogens with one attached hydrogen (secondary N) is 1. The second kappa shape index (κ2) is 8.97. The quantitative estimate of drug-likeness (QED) is 0.429. The summed E-state index contributed by atoms with van der Waals surface area (Å²) in [5.41, 5.74) is 2.55. The van der Waals surface area contributed by atoms with E-state index in [-0.39, 0.29) is 36.3 Å². The molecule has 28 heavy (non-hydrogen) atoms. The number of phenolic OH excluding ortho intramolecular Hbond substituents is 1. The molecule has 0 atom stereocenters. The maximum Gasteiger partial charge on any atom is 0.331 e. The minimum absolute atomic E-state index is 0.0221. The molecular formula is C20H27N3O5. The van der Waals surface area contributed by atoms with Crippen molar-refractivity contribution in [2.24, 2.45) is 0 Å². The molecule has 1 aliphatic rings. The molecule has 0 radical (unpaired) electrons. The Morgan fingerprint density at radius 1 is 1.18 bits per heavy atom. The number of hydrogen-bond acceptors (Lipinski definition) is 5. The van der Waals surface area contributed by atoms with Gasteiger partial charge in [0.25, 0.3) is 0 Å². The van der Waals surface area contributed by atoms with Gasteiger partial charge in [0, 0.05) is 12.5 Å². The first-order chi connectivity index (χ1) is 13.5. The van der Waals surface area contributed by atoms with Crippen LogP contribution in [0.3, 0.4) is 0 Å². The summed E-state index contributed by atoms with van der Waals surface area (Å²) >= 11 is 0. The van der Waals surface area contributed by atoms with Crippen molar-refractivity contribution in [3.63, 3.8) is 0 Å². The van der Waals surface area contributed by atoms with E-state index >= 15 is 0 Å². The van der Waals surface area contributed by atoms with E-state index in [1.165, 1.54) is 9.13 Å². The number of hydrogen-bond donors (Lipinski definition) is 4. The SMILES string of the molecule is O=C(CCCc1c(O)n(C2CCCCC2)c(=O)n1Cc1cccc(O)c1)NO. The van der Waals surface area contributed by atoms with Gasteiger partial charge in [-0.05, 0) is 43.4 Å². The highest BCUT2D eigenvalue weighted by Gasteiger charge is 2.26. The van der Waals surface area contributed by atoms with Crippen molar-refractivity contribution in [3.05, 3.63) is 46.0 Å². The molecule has 0 aliphatic heterocycles. The molecule has 1 amide bonds. The van der Waals surface area contributed by atoms with Crippen LogP contribution in [-0.4, -0.2) is 30.5 Å². The van der Waals surface area contributed by atoms with Crippen LogP contribution in [-0.2, 0) is 17.8 Å². The van der Waals surface area contributed by atoms with Crippen molar-refractivity contribution in [3.8, 4) is 11.6 Å². The first-order valence-corrected chi connectivity index (χ1v) is 9.75. The number of rotatable bonds is 7. The summed E-state index contributed by atoms with van der Waals surface area (Å²) < 4.78 is 3.01. The van der Waals surface area contributed by atoms with Crippen LogP contribution >= 0.6 is 0 Å². The van der Waals surface area contributed by atoms with E-state index in [0.717, 1.165) is 37.7 Å². The molecule has 8 nitrogen and oxygen atoms in total. The van der Waals surface area contributed by atoms with Gasteiger partial charge in [0.2, 0.25) is 11.8 Å². The Morgan fingerprint density at radius 3 is 2.61 bits per heavy atom. The summed E-state index contributed by atoms with van der Waals surface area (Å²) in [6.07, 6.45) is 5.71. The fourth-order valence-corrected chi connectivity index (χ4v) is 3.98. The van der Waals surface area contributed by atoms with Crippen LogP contribution < -0.4 is 11.2 Å². The van der Waals surface area contributed by atoms with Crippen molar-refractivity contribution in [1.29, 1.82) is 0 Å². The zero-order valence-electron chi connectivity index (χ0n) is 15.8. The predicted molar refractivity (Wildman–Crippen MR) is 103 cm³/mol. The zero-order chi connectivity index (χ0) is 20.1. The third kappa shape index (κ3) is 4.39. The van der Waals surface area contributed by atoms with Gasteiger partial charge in [-0.25, -0.2) is 10.3 Å². The summed E-state index contributed by atoms with van der Waals surface area (Å²) in [6, 6.07) is 6.64. The maximum absolute atomic E-state index is 13.1. The number of carbonyl (C=O) groups excluding carboxylic acids is 1. The minimum atomic E-state index is -0.506.